The van der Waals surface area contributed by atoms with Crippen LogP contribution in [0.3, 0.4) is 0 Å². The Labute approximate surface area is 153 Å². The van der Waals surface area contributed by atoms with Crippen LogP contribution in [0.5, 0.6) is 0 Å². The highest BCUT2D eigenvalue weighted by molar-refractivity contribution is 5.85. The van der Waals surface area contributed by atoms with Crippen molar-refractivity contribution in [1.29, 1.82) is 0 Å². The first kappa shape index (κ1) is 19.4. The lowest BCUT2D eigenvalue weighted by Crippen LogP contribution is -2.50. The maximum absolute atomic E-state index is 13.4. The maximum Gasteiger partial charge on any atom is 0.240 e. The summed E-state index contributed by atoms with van der Waals surface area (Å²) < 4.78 is 19.1. The Balaban J connectivity index is 0.00000225. The highest BCUT2D eigenvalue weighted by atomic mass is 35.5. The zero-order valence-corrected chi connectivity index (χ0v) is 14.6. The molecule has 1 saturated heterocycles. The van der Waals surface area contributed by atoms with E-state index in [0.717, 1.165) is 11.1 Å². The summed E-state index contributed by atoms with van der Waals surface area (Å²) in [6.07, 6.45) is 0.184. The molecule has 0 aromatic heterocycles. The van der Waals surface area contributed by atoms with Crippen LogP contribution >= 0.6 is 12.4 Å². The van der Waals surface area contributed by atoms with Gasteiger partial charge in [-0.15, -0.1) is 12.4 Å². The molecule has 0 aliphatic carbocycles. The van der Waals surface area contributed by atoms with Crippen LogP contribution in [0.25, 0.3) is 0 Å². The molecule has 0 saturated carbocycles. The van der Waals surface area contributed by atoms with Gasteiger partial charge in [-0.3, -0.25) is 4.79 Å². The highest BCUT2D eigenvalue weighted by Crippen LogP contribution is 2.23. The van der Waals surface area contributed by atoms with E-state index in [1.165, 1.54) is 12.1 Å². The standard InChI is InChI=1S/C19H21FN2O2.ClH/c20-16-8-4-7-15(12-16)18-13-22(9-10-24-18)19(23)17(21)11-14-5-2-1-3-6-14;/h1-8,12,17-18H,9-11,13,21H2;1H/t17-,18?;/m0./s1. The van der Waals surface area contributed by atoms with E-state index in [2.05, 4.69) is 0 Å². The summed E-state index contributed by atoms with van der Waals surface area (Å²) >= 11 is 0. The number of halogens is 2. The Morgan fingerprint density at radius 3 is 2.72 bits per heavy atom. The second kappa shape index (κ2) is 8.94. The van der Waals surface area contributed by atoms with E-state index in [-0.39, 0.29) is 30.2 Å². The molecule has 134 valence electrons. The SMILES string of the molecule is Cl.N[C@@H](Cc1ccccc1)C(=O)N1CCOC(c2cccc(F)c2)C1. The van der Waals surface area contributed by atoms with Gasteiger partial charge in [-0.1, -0.05) is 42.5 Å². The minimum atomic E-state index is -0.585. The average molecular weight is 365 g/mol. The lowest BCUT2D eigenvalue weighted by molar-refractivity contribution is -0.140. The normalized spacial score (nSPS) is 18.3. The molecule has 0 spiro atoms. The van der Waals surface area contributed by atoms with Crippen molar-refractivity contribution < 1.29 is 13.9 Å². The molecule has 3 rings (SSSR count). The molecule has 6 heteroatoms. The van der Waals surface area contributed by atoms with Crippen molar-refractivity contribution in [3.05, 3.63) is 71.5 Å². The third kappa shape index (κ3) is 5.01. The molecule has 1 fully saturated rings. The first-order valence-electron chi connectivity index (χ1n) is 8.09. The van der Waals surface area contributed by atoms with Crippen molar-refractivity contribution in [1.82, 2.24) is 4.90 Å². The number of hydrogen-bond acceptors (Lipinski definition) is 3. The molecule has 0 bridgehead atoms. The van der Waals surface area contributed by atoms with Gasteiger partial charge in [-0.2, -0.15) is 0 Å². The maximum atomic E-state index is 13.4. The van der Waals surface area contributed by atoms with Crippen LogP contribution in [0.15, 0.2) is 54.6 Å². The van der Waals surface area contributed by atoms with Crippen molar-refractivity contribution >= 4 is 18.3 Å². The Morgan fingerprint density at radius 1 is 1.24 bits per heavy atom. The average Bonchev–Trinajstić information content (AvgIpc) is 2.62. The minimum absolute atomic E-state index is 0. The second-order valence-corrected chi connectivity index (χ2v) is 5.99. The third-order valence-electron chi connectivity index (χ3n) is 4.21. The van der Waals surface area contributed by atoms with Gasteiger partial charge in [0.05, 0.1) is 19.2 Å². The Hall–Kier alpha value is -1.95. The molecule has 4 nitrogen and oxygen atoms in total. The van der Waals surface area contributed by atoms with E-state index < -0.39 is 6.04 Å². The molecular formula is C19H22ClFN2O2. The molecule has 2 aromatic rings. The molecule has 1 aliphatic heterocycles. The fraction of sp³-hybridized carbons (Fsp3) is 0.316. The fourth-order valence-electron chi connectivity index (χ4n) is 2.95. The third-order valence-corrected chi connectivity index (χ3v) is 4.21. The van der Waals surface area contributed by atoms with E-state index in [1.54, 1.807) is 11.0 Å². The molecule has 2 atom stereocenters. The molecule has 25 heavy (non-hydrogen) atoms. The van der Waals surface area contributed by atoms with Crippen LogP contribution in [0.2, 0.25) is 0 Å². The summed E-state index contributed by atoms with van der Waals surface area (Å²) in [5.74, 6) is -0.399. The van der Waals surface area contributed by atoms with Gasteiger partial charge in [0.15, 0.2) is 0 Å². The predicted molar refractivity (Wildman–Crippen MR) is 97.0 cm³/mol. The van der Waals surface area contributed by atoms with Crippen molar-refractivity contribution in [3.63, 3.8) is 0 Å². The Kier molecular flexibility index (Phi) is 6.93. The Bertz CT molecular complexity index is 699. The molecule has 2 N–H and O–H groups in total. The number of nitrogens with zero attached hydrogens (tertiary/aromatic N) is 1. The summed E-state index contributed by atoms with van der Waals surface area (Å²) in [5, 5.41) is 0. The molecule has 0 radical (unpaired) electrons. The van der Waals surface area contributed by atoms with Crippen LogP contribution in [0.1, 0.15) is 17.2 Å². The molecular weight excluding hydrogens is 343 g/mol. The fourth-order valence-corrected chi connectivity index (χ4v) is 2.95. The first-order valence-corrected chi connectivity index (χ1v) is 8.09. The number of hydrogen-bond donors (Lipinski definition) is 1. The number of amides is 1. The first-order chi connectivity index (χ1) is 11.6. The monoisotopic (exact) mass is 364 g/mol. The quantitative estimate of drug-likeness (QED) is 0.907. The highest BCUT2D eigenvalue weighted by Gasteiger charge is 2.28. The number of nitrogens with two attached hydrogens (primary N) is 1. The Morgan fingerprint density at radius 2 is 2.00 bits per heavy atom. The van der Waals surface area contributed by atoms with Crippen molar-refractivity contribution in [2.45, 2.75) is 18.6 Å². The molecule has 2 aromatic carbocycles. The summed E-state index contributed by atoms with van der Waals surface area (Å²) in [4.78, 5) is 14.3. The van der Waals surface area contributed by atoms with Crippen LogP contribution in [-0.4, -0.2) is 36.5 Å². The molecule has 1 amide bonds. The summed E-state index contributed by atoms with van der Waals surface area (Å²) in [7, 11) is 0. The van der Waals surface area contributed by atoms with E-state index in [1.807, 2.05) is 36.4 Å². The van der Waals surface area contributed by atoms with Gasteiger partial charge in [0.25, 0.3) is 0 Å². The number of morpholine rings is 1. The lowest BCUT2D eigenvalue weighted by Gasteiger charge is -2.34. The van der Waals surface area contributed by atoms with Crippen LogP contribution in [0.4, 0.5) is 4.39 Å². The van der Waals surface area contributed by atoms with Crippen molar-refractivity contribution in [2.24, 2.45) is 5.73 Å². The predicted octanol–water partition coefficient (Wildman–Crippen LogP) is 2.72. The lowest BCUT2D eigenvalue weighted by atomic mass is 10.0. The van der Waals surface area contributed by atoms with Gasteiger partial charge in [-0.05, 0) is 29.7 Å². The summed E-state index contributed by atoms with van der Waals surface area (Å²) in [5.41, 5.74) is 7.87. The van der Waals surface area contributed by atoms with Gasteiger partial charge in [0.2, 0.25) is 5.91 Å². The van der Waals surface area contributed by atoms with E-state index in [0.29, 0.717) is 26.1 Å². The molecule has 1 unspecified atom stereocenters. The van der Waals surface area contributed by atoms with Crippen molar-refractivity contribution in [3.8, 4) is 0 Å². The number of rotatable bonds is 4. The van der Waals surface area contributed by atoms with Gasteiger partial charge in [0, 0.05) is 6.54 Å². The molecule has 1 aliphatic rings. The number of carbonyl (C=O) groups excluding carboxylic acids is 1. The minimum Gasteiger partial charge on any atom is -0.370 e. The zero-order valence-electron chi connectivity index (χ0n) is 13.8. The van der Waals surface area contributed by atoms with Gasteiger partial charge in [-0.25, -0.2) is 4.39 Å². The van der Waals surface area contributed by atoms with Crippen molar-refractivity contribution in [2.75, 3.05) is 19.7 Å². The largest absolute Gasteiger partial charge is 0.370 e. The second-order valence-electron chi connectivity index (χ2n) is 5.99. The number of benzene rings is 2. The zero-order chi connectivity index (χ0) is 16.9. The topological polar surface area (TPSA) is 55.6 Å². The number of ether oxygens (including phenoxy) is 1. The van der Waals surface area contributed by atoms with Gasteiger partial charge < -0.3 is 15.4 Å². The van der Waals surface area contributed by atoms with Crippen LogP contribution in [0, 0.1) is 5.82 Å². The van der Waals surface area contributed by atoms with E-state index in [9.17, 15) is 9.18 Å². The van der Waals surface area contributed by atoms with Gasteiger partial charge >= 0.3 is 0 Å². The van der Waals surface area contributed by atoms with Crippen LogP contribution in [-0.2, 0) is 16.0 Å². The smallest absolute Gasteiger partial charge is 0.240 e. The number of carbonyl (C=O) groups is 1. The summed E-state index contributed by atoms with van der Waals surface area (Å²) in [6, 6.07) is 15.4. The van der Waals surface area contributed by atoms with E-state index in [4.69, 9.17) is 10.5 Å². The summed E-state index contributed by atoms with van der Waals surface area (Å²) in [6.45, 7) is 1.32. The molecule has 1 heterocycles. The van der Waals surface area contributed by atoms with Crippen LogP contribution < -0.4 is 5.73 Å². The van der Waals surface area contributed by atoms with Gasteiger partial charge in [0.1, 0.15) is 11.9 Å². The van der Waals surface area contributed by atoms with E-state index >= 15 is 0 Å².